The molecule has 9 heteroatoms. The molecule has 0 aliphatic carbocycles. The van der Waals surface area contributed by atoms with Crippen molar-refractivity contribution in [2.24, 2.45) is 0 Å². The third kappa shape index (κ3) is 3.15. The van der Waals surface area contributed by atoms with Gasteiger partial charge in [-0.2, -0.15) is 4.68 Å². The molecule has 0 radical (unpaired) electrons. The van der Waals surface area contributed by atoms with Gasteiger partial charge >= 0.3 is 0 Å². The molecule has 1 aromatic heterocycles. The van der Waals surface area contributed by atoms with Crippen molar-refractivity contribution in [1.29, 1.82) is 0 Å². The zero-order chi connectivity index (χ0) is 17.2. The number of hydrogen-bond acceptors (Lipinski definition) is 6. The van der Waals surface area contributed by atoms with E-state index in [4.69, 9.17) is 0 Å². The van der Waals surface area contributed by atoms with Crippen LogP contribution in [0.2, 0.25) is 0 Å². The molecular formula is C15H13N5O3S. The van der Waals surface area contributed by atoms with Gasteiger partial charge < -0.3 is 0 Å². The molecule has 0 fully saturated rings. The summed E-state index contributed by atoms with van der Waals surface area (Å²) in [5.41, 5.74) is 1.12. The van der Waals surface area contributed by atoms with Gasteiger partial charge in [0.1, 0.15) is 6.33 Å². The van der Waals surface area contributed by atoms with Gasteiger partial charge in [-0.15, -0.1) is 5.10 Å². The van der Waals surface area contributed by atoms with E-state index < -0.39 is 10.0 Å². The zero-order valence-electron chi connectivity index (χ0n) is 12.6. The van der Waals surface area contributed by atoms with Crippen LogP contribution in [0.25, 0.3) is 5.69 Å². The van der Waals surface area contributed by atoms with Gasteiger partial charge in [0.15, 0.2) is 5.78 Å². The van der Waals surface area contributed by atoms with E-state index in [9.17, 15) is 13.2 Å². The van der Waals surface area contributed by atoms with E-state index in [1.54, 1.807) is 30.3 Å². The minimum atomic E-state index is -3.87. The number of rotatable bonds is 5. The number of Topliss-reactive ketones (excluding diaryl/α,β-unsaturated/α-hetero) is 1. The van der Waals surface area contributed by atoms with Crippen LogP contribution in [-0.2, 0) is 10.0 Å². The Hall–Kier alpha value is -3.07. The highest BCUT2D eigenvalue weighted by molar-refractivity contribution is 7.92. The predicted octanol–water partition coefficient (Wildman–Crippen LogP) is 1.67. The third-order valence-electron chi connectivity index (χ3n) is 3.30. The van der Waals surface area contributed by atoms with Crippen LogP contribution in [0.5, 0.6) is 0 Å². The van der Waals surface area contributed by atoms with E-state index in [0.717, 1.165) is 0 Å². The van der Waals surface area contributed by atoms with Crippen molar-refractivity contribution in [3.63, 3.8) is 0 Å². The van der Waals surface area contributed by atoms with Gasteiger partial charge in [0.25, 0.3) is 10.0 Å². The van der Waals surface area contributed by atoms with Crippen molar-refractivity contribution in [3.05, 3.63) is 60.4 Å². The summed E-state index contributed by atoms with van der Waals surface area (Å²) in [6.07, 6.45) is 1.36. The number of ketones is 1. The van der Waals surface area contributed by atoms with Gasteiger partial charge in [0, 0.05) is 5.56 Å². The number of benzene rings is 2. The van der Waals surface area contributed by atoms with Gasteiger partial charge in [0.2, 0.25) is 0 Å². The molecular weight excluding hydrogens is 330 g/mol. The molecule has 2 aromatic carbocycles. The average Bonchev–Trinajstić information content (AvgIpc) is 3.09. The minimum Gasteiger partial charge on any atom is -0.295 e. The molecule has 0 aliphatic rings. The molecule has 1 N–H and O–H groups in total. The van der Waals surface area contributed by atoms with Crippen LogP contribution in [0.3, 0.4) is 0 Å². The second kappa shape index (κ2) is 6.20. The highest BCUT2D eigenvalue weighted by atomic mass is 32.2. The van der Waals surface area contributed by atoms with Crippen molar-refractivity contribution in [2.75, 3.05) is 4.72 Å². The Morgan fingerprint density at radius 3 is 2.62 bits per heavy atom. The van der Waals surface area contributed by atoms with Gasteiger partial charge in [-0.1, -0.05) is 24.3 Å². The maximum absolute atomic E-state index is 12.6. The summed E-state index contributed by atoms with van der Waals surface area (Å²) < 4.78 is 29.1. The molecule has 3 aromatic rings. The number of hydrogen-bond donors (Lipinski definition) is 1. The number of nitrogens with one attached hydrogen (secondary N) is 1. The Kier molecular flexibility index (Phi) is 4.09. The number of aromatic nitrogens is 4. The van der Waals surface area contributed by atoms with Crippen molar-refractivity contribution in [2.45, 2.75) is 11.8 Å². The van der Waals surface area contributed by atoms with Crippen LogP contribution in [0, 0.1) is 0 Å². The lowest BCUT2D eigenvalue weighted by atomic mass is 10.2. The lowest BCUT2D eigenvalue weighted by Gasteiger charge is -2.12. The Labute approximate surface area is 138 Å². The number of para-hydroxylation sites is 2. The quantitative estimate of drug-likeness (QED) is 0.706. The van der Waals surface area contributed by atoms with E-state index in [1.807, 2.05) is 0 Å². The standard InChI is InChI=1S/C15H13N5O3S/c1-11(21)12-5-4-6-13(9-12)24(22,23)17-14-7-2-3-8-15(14)20-10-16-18-19-20/h2-10,17H,1H3. The molecule has 0 unspecified atom stereocenters. The van der Waals surface area contributed by atoms with Crippen LogP contribution >= 0.6 is 0 Å². The number of sulfonamides is 1. The summed E-state index contributed by atoms with van der Waals surface area (Å²) in [7, 11) is -3.87. The van der Waals surface area contributed by atoms with Crippen molar-refractivity contribution in [3.8, 4) is 5.69 Å². The smallest absolute Gasteiger partial charge is 0.261 e. The first-order valence-electron chi connectivity index (χ1n) is 6.93. The third-order valence-corrected chi connectivity index (χ3v) is 4.66. The fraction of sp³-hybridized carbons (Fsp3) is 0.0667. The molecule has 0 amide bonds. The van der Waals surface area contributed by atoms with E-state index in [1.165, 1.54) is 36.1 Å². The lowest BCUT2D eigenvalue weighted by molar-refractivity contribution is 0.101. The summed E-state index contributed by atoms with van der Waals surface area (Å²) in [4.78, 5) is 11.5. The molecule has 1 heterocycles. The molecule has 0 atom stereocenters. The first-order chi connectivity index (χ1) is 11.5. The summed E-state index contributed by atoms with van der Waals surface area (Å²) in [6.45, 7) is 1.38. The molecule has 0 aliphatic heterocycles. The topological polar surface area (TPSA) is 107 Å². The molecule has 0 saturated carbocycles. The molecule has 24 heavy (non-hydrogen) atoms. The fourth-order valence-corrected chi connectivity index (χ4v) is 3.24. The van der Waals surface area contributed by atoms with Gasteiger partial charge in [-0.3, -0.25) is 9.52 Å². The number of tetrazole rings is 1. The predicted molar refractivity (Wildman–Crippen MR) is 86.4 cm³/mol. The van der Waals surface area contributed by atoms with Gasteiger partial charge in [0.05, 0.1) is 16.3 Å². The van der Waals surface area contributed by atoms with Gasteiger partial charge in [-0.25, -0.2) is 8.42 Å². The maximum Gasteiger partial charge on any atom is 0.261 e. The van der Waals surface area contributed by atoms with Crippen LogP contribution in [0.15, 0.2) is 59.8 Å². The second-order valence-corrected chi connectivity index (χ2v) is 6.64. The monoisotopic (exact) mass is 343 g/mol. The SMILES string of the molecule is CC(=O)c1cccc(S(=O)(=O)Nc2ccccc2-n2cnnn2)c1. The van der Waals surface area contributed by atoms with Crippen molar-refractivity contribution >= 4 is 21.5 Å². The Morgan fingerprint density at radius 2 is 1.92 bits per heavy atom. The largest absolute Gasteiger partial charge is 0.295 e. The highest BCUT2D eigenvalue weighted by Crippen LogP contribution is 2.23. The van der Waals surface area contributed by atoms with E-state index >= 15 is 0 Å². The molecule has 0 saturated heterocycles. The van der Waals surface area contributed by atoms with Crippen LogP contribution in [-0.4, -0.2) is 34.4 Å². The van der Waals surface area contributed by atoms with E-state index in [0.29, 0.717) is 16.9 Å². The van der Waals surface area contributed by atoms with Crippen molar-refractivity contribution in [1.82, 2.24) is 20.2 Å². The summed E-state index contributed by atoms with van der Waals surface area (Å²) in [6, 6.07) is 12.6. The van der Waals surface area contributed by atoms with Crippen LogP contribution < -0.4 is 4.72 Å². The average molecular weight is 343 g/mol. The summed E-state index contributed by atoms with van der Waals surface area (Å²) in [5, 5.41) is 10.8. The Balaban J connectivity index is 1.99. The molecule has 122 valence electrons. The Bertz CT molecular complexity index is 984. The first kappa shape index (κ1) is 15.8. The molecule has 0 spiro atoms. The van der Waals surface area contributed by atoms with Gasteiger partial charge in [-0.05, 0) is 41.6 Å². The first-order valence-corrected chi connectivity index (χ1v) is 8.42. The number of anilines is 1. The molecule has 3 rings (SSSR count). The maximum atomic E-state index is 12.6. The normalized spacial score (nSPS) is 11.2. The fourth-order valence-electron chi connectivity index (χ4n) is 2.12. The van der Waals surface area contributed by atoms with Crippen LogP contribution in [0.1, 0.15) is 17.3 Å². The van der Waals surface area contributed by atoms with Crippen LogP contribution in [0.4, 0.5) is 5.69 Å². The van der Waals surface area contributed by atoms with E-state index in [-0.39, 0.29) is 10.7 Å². The minimum absolute atomic E-state index is 0.00159. The molecule has 8 nitrogen and oxygen atoms in total. The summed E-state index contributed by atoms with van der Waals surface area (Å²) in [5.74, 6) is -0.207. The zero-order valence-corrected chi connectivity index (χ0v) is 13.4. The Morgan fingerprint density at radius 1 is 1.12 bits per heavy atom. The number of carbonyl (C=O) groups excluding carboxylic acids is 1. The second-order valence-electron chi connectivity index (χ2n) is 4.96. The van der Waals surface area contributed by atoms with Crippen molar-refractivity contribution < 1.29 is 13.2 Å². The molecule has 0 bridgehead atoms. The number of nitrogens with zero attached hydrogens (tertiary/aromatic N) is 4. The summed E-state index contributed by atoms with van der Waals surface area (Å²) >= 11 is 0. The highest BCUT2D eigenvalue weighted by Gasteiger charge is 2.18. The lowest BCUT2D eigenvalue weighted by Crippen LogP contribution is -2.15. The number of carbonyl (C=O) groups is 1. The van der Waals surface area contributed by atoms with E-state index in [2.05, 4.69) is 20.2 Å².